The van der Waals surface area contributed by atoms with Gasteiger partial charge in [0.15, 0.2) is 0 Å². The molecule has 0 aromatic rings. The van der Waals surface area contributed by atoms with Crippen LogP contribution in [0.3, 0.4) is 0 Å². The smallest absolute Gasteiger partial charge is 0.223 e. The maximum Gasteiger partial charge on any atom is 0.223 e. The Balaban J connectivity index is 2.18. The van der Waals surface area contributed by atoms with Gasteiger partial charge in [0.1, 0.15) is 0 Å². The summed E-state index contributed by atoms with van der Waals surface area (Å²) >= 11 is 0. The van der Waals surface area contributed by atoms with E-state index in [1.807, 2.05) is 4.90 Å². The van der Waals surface area contributed by atoms with Gasteiger partial charge in [-0.1, -0.05) is 13.8 Å². The average Bonchev–Trinajstić information content (AvgIpc) is 2.66. The highest BCUT2D eigenvalue weighted by molar-refractivity contribution is 5.76. The lowest BCUT2D eigenvalue weighted by atomic mass is 10.1. The molecular weight excluding hydrogens is 204 g/mol. The Kier molecular flexibility index (Phi) is 5.77. The molecule has 2 N–H and O–H groups in total. The molecule has 1 saturated heterocycles. The number of nitrogens with zero attached hydrogens (tertiary/aromatic N) is 1. The summed E-state index contributed by atoms with van der Waals surface area (Å²) in [6, 6.07) is 0.438. The Hall–Kier alpha value is -0.610. The summed E-state index contributed by atoms with van der Waals surface area (Å²) in [5, 5.41) is 12.1. The fraction of sp³-hybridized carbons (Fsp3) is 0.917. The van der Waals surface area contributed by atoms with Gasteiger partial charge in [0, 0.05) is 38.7 Å². The predicted octanol–water partition coefficient (Wildman–Crippen LogP) is 0.605. The van der Waals surface area contributed by atoms with Crippen molar-refractivity contribution in [3.05, 3.63) is 0 Å². The van der Waals surface area contributed by atoms with Crippen molar-refractivity contribution in [2.75, 3.05) is 26.2 Å². The maximum atomic E-state index is 11.8. The topological polar surface area (TPSA) is 52.6 Å². The fourth-order valence-corrected chi connectivity index (χ4v) is 2.10. The lowest BCUT2D eigenvalue weighted by Gasteiger charge is -2.17. The second kappa shape index (κ2) is 6.86. The monoisotopic (exact) mass is 228 g/mol. The normalized spacial score (nSPS) is 20.8. The fourth-order valence-electron chi connectivity index (χ4n) is 2.10. The first-order valence-corrected chi connectivity index (χ1v) is 6.25. The number of aliphatic hydroxyl groups excluding tert-OH is 1. The molecule has 0 bridgehead atoms. The van der Waals surface area contributed by atoms with Gasteiger partial charge >= 0.3 is 0 Å². The van der Waals surface area contributed by atoms with Gasteiger partial charge in [-0.3, -0.25) is 4.79 Å². The zero-order valence-corrected chi connectivity index (χ0v) is 10.4. The summed E-state index contributed by atoms with van der Waals surface area (Å²) in [6.07, 6.45) is 2.46. The number of rotatable bonds is 6. The van der Waals surface area contributed by atoms with E-state index in [-0.39, 0.29) is 12.5 Å². The highest BCUT2D eigenvalue weighted by atomic mass is 16.3. The van der Waals surface area contributed by atoms with E-state index in [9.17, 15) is 4.79 Å². The molecule has 1 unspecified atom stereocenters. The van der Waals surface area contributed by atoms with Gasteiger partial charge < -0.3 is 15.3 Å². The van der Waals surface area contributed by atoms with Gasteiger partial charge in [0.2, 0.25) is 5.91 Å². The Morgan fingerprint density at radius 1 is 1.56 bits per heavy atom. The van der Waals surface area contributed by atoms with Crippen molar-refractivity contribution in [3.8, 4) is 0 Å². The van der Waals surface area contributed by atoms with Crippen molar-refractivity contribution in [1.82, 2.24) is 10.2 Å². The molecule has 4 nitrogen and oxygen atoms in total. The van der Waals surface area contributed by atoms with Gasteiger partial charge in [-0.25, -0.2) is 0 Å². The summed E-state index contributed by atoms with van der Waals surface area (Å²) in [7, 11) is 0. The molecule has 0 aromatic carbocycles. The van der Waals surface area contributed by atoms with Crippen molar-refractivity contribution >= 4 is 5.91 Å². The van der Waals surface area contributed by atoms with E-state index in [2.05, 4.69) is 19.2 Å². The molecule has 0 aromatic heterocycles. The van der Waals surface area contributed by atoms with Crippen LogP contribution in [0.5, 0.6) is 0 Å². The van der Waals surface area contributed by atoms with Crippen molar-refractivity contribution in [2.24, 2.45) is 5.92 Å². The molecule has 4 heteroatoms. The number of hydrogen-bond acceptors (Lipinski definition) is 3. The lowest BCUT2D eigenvalue weighted by Crippen LogP contribution is -2.33. The second-order valence-corrected chi connectivity index (χ2v) is 4.87. The van der Waals surface area contributed by atoms with Crippen LogP contribution in [0.15, 0.2) is 0 Å². The number of hydrogen-bond donors (Lipinski definition) is 2. The maximum absolute atomic E-state index is 11.8. The molecule has 1 aliphatic heterocycles. The standard InChI is InChI=1S/C12H24N2O2/c1-10(2)13-6-3-12(16)14-7-4-11(9-14)5-8-15/h10-11,13,15H,3-9H2,1-2H3. The molecule has 1 heterocycles. The average molecular weight is 228 g/mol. The summed E-state index contributed by atoms with van der Waals surface area (Å²) in [4.78, 5) is 13.7. The summed E-state index contributed by atoms with van der Waals surface area (Å²) in [6.45, 7) is 6.86. The molecule has 0 radical (unpaired) electrons. The molecule has 94 valence electrons. The molecular formula is C12H24N2O2. The number of nitrogens with one attached hydrogen (secondary N) is 1. The van der Waals surface area contributed by atoms with E-state index < -0.39 is 0 Å². The van der Waals surface area contributed by atoms with Crippen LogP contribution in [0.4, 0.5) is 0 Å². The van der Waals surface area contributed by atoms with Crippen molar-refractivity contribution < 1.29 is 9.90 Å². The van der Waals surface area contributed by atoms with Crippen molar-refractivity contribution in [2.45, 2.75) is 39.2 Å². The third kappa shape index (κ3) is 4.49. The molecule has 16 heavy (non-hydrogen) atoms. The Bertz CT molecular complexity index is 219. The van der Waals surface area contributed by atoms with Gasteiger partial charge in [0.25, 0.3) is 0 Å². The highest BCUT2D eigenvalue weighted by Crippen LogP contribution is 2.19. The summed E-state index contributed by atoms with van der Waals surface area (Å²) < 4.78 is 0. The van der Waals surface area contributed by atoms with Crippen LogP contribution in [0.25, 0.3) is 0 Å². The minimum Gasteiger partial charge on any atom is -0.396 e. The molecule has 1 atom stereocenters. The van der Waals surface area contributed by atoms with Crippen LogP contribution in [-0.2, 0) is 4.79 Å². The van der Waals surface area contributed by atoms with Gasteiger partial charge in [-0.2, -0.15) is 0 Å². The van der Waals surface area contributed by atoms with Crippen LogP contribution in [0.2, 0.25) is 0 Å². The first-order chi connectivity index (χ1) is 7.63. The Morgan fingerprint density at radius 2 is 2.31 bits per heavy atom. The minimum atomic E-state index is 0.238. The second-order valence-electron chi connectivity index (χ2n) is 4.87. The summed E-state index contributed by atoms with van der Waals surface area (Å²) in [5.74, 6) is 0.751. The Labute approximate surface area is 98.0 Å². The third-order valence-electron chi connectivity index (χ3n) is 3.07. The quantitative estimate of drug-likeness (QED) is 0.700. The SMILES string of the molecule is CC(C)NCCC(=O)N1CCC(CCO)C1. The predicted molar refractivity (Wildman–Crippen MR) is 64.1 cm³/mol. The van der Waals surface area contributed by atoms with Gasteiger partial charge in [-0.15, -0.1) is 0 Å². The number of carbonyl (C=O) groups excluding carboxylic acids is 1. The molecule has 1 aliphatic rings. The Morgan fingerprint density at radius 3 is 2.94 bits per heavy atom. The van der Waals surface area contributed by atoms with E-state index in [1.54, 1.807) is 0 Å². The van der Waals surface area contributed by atoms with E-state index in [4.69, 9.17) is 5.11 Å². The van der Waals surface area contributed by atoms with E-state index >= 15 is 0 Å². The number of amides is 1. The zero-order chi connectivity index (χ0) is 12.0. The van der Waals surface area contributed by atoms with Crippen LogP contribution >= 0.6 is 0 Å². The van der Waals surface area contributed by atoms with Crippen LogP contribution in [0.1, 0.15) is 33.1 Å². The highest BCUT2D eigenvalue weighted by Gasteiger charge is 2.25. The zero-order valence-electron chi connectivity index (χ0n) is 10.4. The van der Waals surface area contributed by atoms with E-state index in [0.29, 0.717) is 18.4 Å². The van der Waals surface area contributed by atoms with Crippen molar-refractivity contribution in [3.63, 3.8) is 0 Å². The van der Waals surface area contributed by atoms with E-state index in [1.165, 1.54) is 0 Å². The molecule has 0 saturated carbocycles. The summed E-state index contributed by atoms with van der Waals surface area (Å²) in [5.41, 5.74) is 0. The van der Waals surface area contributed by atoms with Gasteiger partial charge in [-0.05, 0) is 18.8 Å². The van der Waals surface area contributed by atoms with Crippen molar-refractivity contribution in [1.29, 1.82) is 0 Å². The largest absolute Gasteiger partial charge is 0.396 e. The number of aliphatic hydroxyl groups is 1. The molecule has 1 amide bonds. The molecule has 0 spiro atoms. The third-order valence-corrected chi connectivity index (χ3v) is 3.07. The van der Waals surface area contributed by atoms with Crippen LogP contribution < -0.4 is 5.32 Å². The first kappa shape index (κ1) is 13.5. The van der Waals surface area contributed by atoms with Crippen LogP contribution in [0, 0.1) is 5.92 Å². The molecule has 0 aliphatic carbocycles. The first-order valence-electron chi connectivity index (χ1n) is 6.25. The number of likely N-dealkylation sites (tertiary alicyclic amines) is 1. The van der Waals surface area contributed by atoms with Crippen LogP contribution in [-0.4, -0.2) is 48.2 Å². The van der Waals surface area contributed by atoms with Gasteiger partial charge in [0.05, 0.1) is 0 Å². The molecule has 1 rings (SSSR count). The minimum absolute atomic E-state index is 0.238. The molecule has 1 fully saturated rings. The van der Waals surface area contributed by atoms with E-state index in [0.717, 1.165) is 32.5 Å². The lowest BCUT2D eigenvalue weighted by molar-refractivity contribution is -0.130. The number of carbonyl (C=O) groups is 1.